The van der Waals surface area contributed by atoms with Gasteiger partial charge in [-0.25, -0.2) is 0 Å². The Morgan fingerprint density at radius 3 is 1.96 bits per heavy atom. The number of rotatable bonds is 6. The monoisotopic (exact) mass is 358 g/mol. The maximum absolute atomic E-state index is 11.0. The Labute approximate surface area is 159 Å². The van der Waals surface area contributed by atoms with Gasteiger partial charge in [0.25, 0.3) is 0 Å². The van der Waals surface area contributed by atoms with Crippen LogP contribution in [0.4, 0.5) is 22.7 Å². The van der Waals surface area contributed by atoms with Gasteiger partial charge in [0.15, 0.2) is 0 Å². The molecule has 0 bridgehead atoms. The molecule has 5 heteroatoms. The molecule has 3 rings (SSSR count). The van der Waals surface area contributed by atoms with E-state index in [0.29, 0.717) is 0 Å². The molecule has 0 atom stereocenters. The normalized spacial score (nSPS) is 10.7. The SMILES string of the molecule is CC(=O)Nc1ccc(N=Nc2ccc(N(C)Cc3ccccc3)cc2)cc1. The molecule has 0 heterocycles. The van der Waals surface area contributed by atoms with Gasteiger partial charge in [-0.1, -0.05) is 30.3 Å². The summed E-state index contributed by atoms with van der Waals surface area (Å²) in [6, 6.07) is 25.6. The van der Waals surface area contributed by atoms with Crippen LogP contribution >= 0.6 is 0 Å². The van der Waals surface area contributed by atoms with Gasteiger partial charge in [0, 0.05) is 31.9 Å². The Balaban J connectivity index is 1.61. The molecule has 1 N–H and O–H groups in total. The van der Waals surface area contributed by atoms with Crippen LogP contribution in [0.15, 0.2) is 89.1 Å². The number of hydrogen-bond acceptors (Lipinski definition) is 4. The van der Waals surface area contributed by atoms with Crippen LogP contribution in [0.3, 0.4) is 0 Å². The van der Waals surface area contributed by atoms with E-state index in [0.717, 1.165) is 29.3 Å². The van der Waals surface area contributed by atoms with Gasteiger partial charge >= 0.3 is 0 Å². The molecule has 1 amide bonds. The molecule has 0 aliphatic heterocycles. The molecule has 27 heavy (non-hydrogen) atoms. The van der Waals surface area contributed by atoms with E-state index in [1.165, 1.54) is 12.5 Å². The van der Waals surface area contributed by atoms with Crippen LogP contribution < -0.4 is 10.2 Å². The Morgan fingerprint density at radius 1 is 0.852 bits per heavy atom. The number of carbonyl (C=O) groups excluding carboxylic acids is 1. The third kappa shape index (κ3) is 5.51. The van der Waals surface area contributed by atoms with Crippen molar-refractivity contribution in [1.82, 2.24) is 0 Å². The number of benzene rings is 3. The molecule has 0 saturated carbocycles. The van der Waals surface area contributed by atoms with Crippen molar-refractivity contribution in [2.45, 2.75) is 13.5 Å². The second-order valence-corrected chi connectivity index (χ2v) is 6.29. The van der Waals surface area contributed by atoms with Gasteiger partial charge in [-0.2, -0.15) is 10.2 Å². The third-order valence-electron chi connectivity index (χ3n) is 4.02. The highest BCUT2D eigenvalue weighted by Gasteiger charge is 2.02. The molecule has 0 aliphatic carbocycles. The molecule has 3 aromatic carbocycles. The summed E-state index contributed by atoms with van der Waals surface area (Å²) < 4.78 is 0. The molecule has 3 aromatic rings. The lowest BCUT2D eigenvalue weighted by Crippen LogP contribution is -2.15. The molecule has 0 aliphatic rings. The quantitative estimate of drug-likeness (QED) is 0.575. The van der Waals surface area contributed by atoms with Crippen molar-refractivity contribution in [2.75, 3.05) is 17.3 Å². The van der Waals surface area contributed by atoms with E-state index in [4.69, 9.17) is 0 Å². The summed E-state index contributed by atoms with van der Waals surface area (Å²) in [5.41, 5.74) is 4.66. The first kappa shape index (κ1) is 18.3. The molecule has 136 valence electrons. The van der Waals surface area contributed by atoms with Gasteiger partial charge in [-0.3, -0.25) is 4.79 Å². The zero-order chi connectivity index (χ0) is 19.1. The largest absolute Gasteiger partial charge is 0.370 e. The summed E-state index contributed by atoms with van der Waals surface area (Å²) in [4.78, 5) is 13.2. The van der Waals surface area contributed by atoms with Crippen molar-refractivity contribution < 1.29 is 4.79 Å². The molecule has 0 spiro atoms. The summed E-state index contributed by atoms with van der Waals surface area (Å²) in [5, 5.41) is 11.2. The standard InChI is InChI=1S/C22H22N4O/c1-17(27)23-19-8-10-20(11-9-19)24-25-21-12-14-22(15-13-21)26(2)16-18-6-4-3-5-7-18/h3-15H,16H2,1-2H3,(H,23,27). The van der Waals surface area contributed by atoms with E-state index in [9.17, 15) is 4.79 Å². The summed E-state index contributed by atoms with van der Waals surface area (Å²) in [5.74, 6) is -0.0956. The minimum absolute atomic E-state index is 0.0956. The third-order valence-corrected chi connectivity index (χ3v) is 4.02. The van der Waals surface area contributed by atoms with Crippen LogP contribution in [0, 0.1) is 0 Å². The first-order valence-corrected chi connectivity index (χ1v) is 8.75. The first-order chi connectivity index (χ1) is 13.1. The number of amides is 1. The summed E-state index contributed by atoms with van der Waals surface area (Å²) in [7, 11) is 2.07. The lowest BCUT2D eigenvalue weighted by Gasteiger charge is -2.19. The van der Waals surface area contributed by atoms with Crippen LogP contribution in [0.2, 0.25) is 0 Å². The number of nitrogens with zero attached hydrogens (tertiary/aromatic N) is 3. The smallest absolute Gasteiger partial charge is 0.221 e. The lowest BCUT2D eigenvalue weighted by molar-refractivity contribution is -0.114. The van der Waals surface area contributed by atoms with E-state index >= 15 is 0 Å². The topological polar surface area (TPSA) is 57.1 Å². The van der Waals surface area contributed by atoms with Gasteiger partial charge in [-0.05, 0) is 54.1 Å². The van der Waals surface area contributed by atoms with Crippen LogP contribution in [-0.2, 0) is 11.3 Å². The van der Waals surface area contributed by atoms with Gasteiger partial charge in [-0.15, -0.1) is 0 Å². The average molecular weight is 358 g/mol. The van der Waals surface area contributed by atoms with Crippen LogP contribution in [0.5, 0.6) is 0 Å². The van der Waals surface area contributed by atoms with E-state index in [2.05, 4.69) is 51.8 Å². The molecule has 0 aromatic heterocycles. The second kappa shape index (κ2) is 8.76. The number of carbonyl (C=O) groups is 1. The van der Waals surface area contributed by atoms with Crippen LogP contribution in [-0.4, -0.2) is 13.0 Å². The number of anilines is 2. The van der Waals surface area contributed by atoms with Gasteiger partial charge in [0.1, 0.15) is 0 Å². The van der Waals surface area contributed by atoms with E-state index < -0.39 is 0 Å². The molecule has 0 unspecified atom stereocenters. The first-order valence-electron chi connectivity index (χ1n) is 8.75. The van der Waals surface area contributed by atoms with Crippen molar-refractivity contribution in [3.63, 3.8) is 0 Å². The fourth-order valence-corrected chi connectivity index (χ4v) is 2.65. The van der Waals surface area contributed by atoms with E-state index in [1.54, 1.807) is 12.1 Å². The van der Waals surface area contributed by atoms with Crippen LogP contribution in [0.1, 0.15) is 12.5 Å². The highest BCUT2D eigenvalue weighted by Crippen LogP contribution is 2.23. The average Bonchev–Trinajstić information content (AvgIpc) is 2.68. The minimum Gasteiger partial charge on any atom is -0.370 e. The van der Waals surface area contributed by atoms with Crippen molar-refractivity contribution in [3.8, 4) is 0 Å². The maximum Gasteiger partial charge on any atom is 0.221 e. The molecule has 0 radical (unpaired) electrons. The predicted molar refractivity (Wildman–Crippen MR) is 110 cm³/mol. The molecule has 5 nitrogen and oxygen atoms in total. The fraction of sp³-hybridized carbons (Fsp3) is 0.136. The summed E-state index contributed by atoms with van der Waals surface area (Å²) >= 11 is 0. The van der Waals surface area contributed by atoms with Crippen molar-refractivity contribution in [2.24, 2.45) is 10.2 Å². The highest BCUT2D eigenvalue weighted by molar-refractivity contribution is 5.88. The van der Waals surface area contributed by atoms with Crippen molar-refractivity contribution in [3.05, 3.63) is 84.4 Å². The fourth-order valence-electron chi connectivity index (χ4n) is 2.65. The number of nitrogens with one attached hydrogen (secondary N) is 1. The van der Waals surface area contributed by atoms with Gasteiger partial charge in [0.2, 0.25) is 5.91 Å². The lowest BCUT2D eigenvalue weighted by atomic mass is 10.2. The van der Waals surface area contributed by atoms with Crippen LogP contribution in [0.25, 0.3) is 0 Å². The predicted octanol–water partition coefficient (Wildman–Crippen LogP) is 5.70. The van der Waals surface area contributed by atoms with Gasteiger partial charge in [0.05, 0.1) is 11.4 Å². The summed E-state index contributed by atoms with van der Waals surface area (Å²) in [6.07, 6.45) is 0. The molecular weight excluding hydrogens is 336 g/mol. The van der Waals surface area contributed by atoms with E-state index in [1.807, 2.05) is 42.5 Å². The minimum atomic E-state index is -0.0956. The Bertz CT molecular complexity index is 903. The molecular formula is C22H22N4O. The van der Waals surface area contributed by atoms with Crippen molar-refractivity contribution >= 4 is 28.7 Å². The Kier molecular flexibility index (Phi) is 5.94. The molecule has 0 fully saturated rings. The summed E-state index contributed by atoms with van der Waals surface area (Å²) in [6.45, 7) is 2.33. The van der Waals surface area contributed by atoms with Gasteiger partial charge < -0.3 is 10.2 Å². The second-order valence-electron chi connectivity index (χ2n) is 6.29. The van der Waals surface area contributed by atoms with Crippen molar-refractivity contribution in [1.29, 1.82) is 0 Å². The number of azo groups is 1. The maximum atomic E-state index is 11.0. The highest BCUT2D eigenvalue weighted by atomic mass is 16.1. The zero-order valence-corrected chi connectivity index (χ0v) is 15.5. The Hall–Kier alpha value is -3.47. The Morgan fingerprint density at radius 2 is 1.41 bits per heavy atom. The van der Waals surface area contributed by atoms with E-state index in [-0.39, 0.29) is 5.91 Å². The molecule has 0 saturated heterocycles. The zero-order valence-electron chi connectivity index (χ0n) is 15.5. The number of hydrogen-bond donors (Lipinski definition) is 1.